The molecule has 0 radical (unpaired) electrons. The molecule has 2 N–H and O–H groups in total. The van der Waals surface area contributed by atoms with Gasteiger partial charge in [0.25, 0.3) is 0 Å². The highest BCUT2D eigenvalue weighted by Gasteiger charge is 2.16. The van der Waals surface area contributed by atoms with Crippen LogP contribution in [0.4, 0.5) is 0 Å². The van der Waals surface area contributed by atoms with Crippen molar-refractivity contribution in [2.45, 2.75) is 33.4 Å². The summed E-state index contributed by atoms with van der Waals surface area (Å²) in [6.45, 7) is 5.22. The molecule has 1 rings (SSSR count). The molecule has 16 heavy (non-hydrogen) atoms. The number of nitrogens with zero attached hydrogens (tertiary/aromatic N) is 3. The van der Waals surface area contributed by atoms with Crippen LogP contribution in [-0.2, 0) is 11.3 Å². The predicted molar refractivity (Wildman–Crippen MR) is 55.0 cm³/mol. The Morgan fingerprint density at radius 2 is 2.12 bits per heavy atom. The van der Waals surface area contributed by atoms with E-state index in [2.05, 4.69) is 15.6 Å². The number of aromatic carboxylic acids is 1. The maximum absolute atomic E-state index is 11.4. The largest absolute Gasteiger partial charge is 0.476 e. The van der Waals surface area contributed by atoms with Gasteiger partial charge in [-0.1, -0.05) is 5.21 Å². The number of carboxylic acid groups (broad SMARTS) is 1. The smallest absolute Gasteiger partial charge is 0.358 e. The molecular weight excluding hydrogens is 212 g/mol. The zero-order valence-corrected chi connectivity index (χ0v) is 9.39. The molecule has 0 atom stereocenters. The van der Waals surface area contributed by atoms with Crippen molar-refractivity contribution in [3.05, 3.63) is 11.4 Å². The fraction of sp³-hybridized carbons (Fsp3) is 0.556. The number of hydrogen-bond donors (Lipinski definition) is 2. The van der Waals surface area contributed by atoms with E-state index < -0.39 is 5.97 Å². The van der Waals surface area contributed by atoms with Gasteiger partial charge in [-0.15, -0.1) is 5.10 Å². The minimum Gasteiger partial charge on any atom is -0.476 e. The van der Waals surface area contributed by atoms with Crippen LogP contribution in [0.2, 0.25) is 0 Å². The summed E-state index contributed by atoms with van der Waals surface area (Å²) in [6.07, 6.45) is 0. The lowest BCUT2D eigenvalue weighted by Gasteiger charge is -2.08. The molecule has 0 aliphatic carbocycles. The fourth-order valence-electron chi connectivity index (χ4n) is 1.21. The first-order valence-electron chi connectivity index (χ1n) is 4.84. The minimum absolute atomic E-state index is 0.0235. The number of rotatable bonds is 4. The molecule has 0 fully saturated rings. The topological polar surface area (TPSA) is 97.1 Å². The van der Waals surface area contributed by atoms with Gasteiger partial charge in [-0.25, -0.2) is 9.48 Å². The van der Waals surface area contributed by atoms with Crippen molar-refractivity contribution in [2.24, 2.45) is 0 Å². The highest BCUT2D eigenvalue weighted by Crippen LogP contribution is 2.02. The van der Waals surface area contributed by atoms with Gasteiger partial charge in [0.05, 0.1) is 5.69 Å². The number of carboxylic acids is 1. The van der Waals surface area contributed by atoms with Gasteiger partial charge in [-0.2, -0.15) is 0 Å². The van der Waals surface area contributed by atoms with Gasteiger partial charge >= 0.3 is 5.97 Å². The Labute approximate surface area is 92.4 Å². The minimum atomic E-state index is -1.15. The Kier molecular flexibility index (Phi) is 3.60. The average molecular weight is 226 g/mol. The van der Waals surface area contributed by atoms with E-state index >= 15 is 0 Å². The molecule has 1 aromatic rings. The Bertz CT molecular complexity index is 411. The molecule has 7 heteroatoms. The standard InChI is InChI=1S/C9H14N4O3/c1-5(2)10-7(14)4-13-6(3)8(9(15)16)11-12-13/h5H,4H2,1-3H3,(H,10,14)(H,15,16). The average Bonchev–Trinajstić information content (AvgIpc) is 2.46. The molecule has 1 heterocycles. The van der Waals surface area contributed by atoms with Crippen molar-refractivity contribution in [1.82, 2.24) is 20.3 Å². The third kappa shape index (κ3) is 2.78. The predicted octanol–water partition coefficient (Wildman–Crippen LogP) is -0.191. The second kappa shape index (κ2) is 4.73. The molecule has 7 nitrogen and oxygen atoms in total. The maximum Gasteiger partial charge on any atom is 0.358 e. The number of nitrogens with one attached hydrogen (secondary N) is 1. The maximum atomic E-state index is 11.4. The summed E-state index contributed by atoms with van der Waals surface area (Å²) < 4.78 is 1.27. The van der Waals surface area contributed by atoms with E-state index in [1.54, 1.807) is 6.92 Å². The summed E-state index contributed by atoms with van der Waals surface area (Å²) in [5, 5.41) is 18.5. The van der Waals surface area contributed by atoms with Crippen molar-refractivity contribution in [1.29, 1.82) is 0 Å². The lowest BCUT2D eigenvalue weighted by atomic mass is 10.3. The van der Waals surface area contributed by atoms with Gasteiger partial charge in [0.2, 0.25) is 5.91 Å². The van der Waals surface area contributed by atoms with E-state index in [1.807, 2.05) is 13.8 Å². The summed E-state index contributed by atoms with van der Waals surface area (Å²) in [5.41, 5.74) is 0.240. The molecule has 1 amide bonds. The van der Waals surface area contributed by atoms with Crippen LogP contribution >= 0.6 is 0 Å². The van der Waals surface area contributed by atoms with Crippen LogP contribution in [-0.4, -0.2) is 38.0 Å². The number of aromatic nitrogens is 3. The SMILES string of the molecule is Cc1c(C(=O)O)nnn1CC(=O)NC(C)C. The van der Waals surface area contributed by atoms with Crippen molar-refractivity contribution < 1.29 is 14.7 Å². The quantitative estimate of drug-likeness (QED) is 0.741. The molecule has 88 valence electrons. The molecule has 0 aromatic carbocycles. The van der Waals surface area contributed by atoms with Gasteiger partial charge in [0.1, 0.15) is 6.54 Å². The molecule has 0 bridgehead atoms. The molecular formula is C9H14N4O3. The first kappa shape index (κ1) is 12.2. The van der Waals surface area contributed by atoms with Crippen LogP contribution in [0.25, 0.3) is 0 Å². The Hall–Kier alpha value is -1.92. The summed E-state index contributed by atoms with van der Waals surface area (Å²) in [5.74, 6) is -1.37. The van der Waals surface area contributed by atoms with E-state index in [4.69, 9.17) is 5.11 Å². The zero-order chi connectivity index (χ0) is 12.3. The van der Waals surface area contributed by atoms with Crippen LogP contribution in [0.3, 0.4) is 0 Å². The van der Waals surface area contributed by atoms with Crippen molar-refractivity contribution in [3.63, 3.8) is 0 Å². The van der Waals surface area contributed by atoms with Crippen molar-refractivity contribution in [3.8, 4) is 0 Å². The normalized spacial score (nSPS) is 10.5. The van der Waals surface area contributed by atoms with Gasteiger partial charge < -0.3 is 10.4 Å². The monoisotopic (exact) mass is 226 g/mol. The first-order chi connectivity index (χ1) is 7.41. The van der Waals surface area contributed by atoms with E-state index in [-0.39, 0.29) is 24.2 Å². The second-order valence-corrected chi connectivity index (χ2v) is 3.71. The second-order valence-electron chi connectivity index (χ2n) is 3.71. The van der Waals surface area contributed by atoms with Crippen LogP contribution in [0, 0.1) is 6.92 Å². The lowest BCUT2D eigenvalue weighted by molar-refractivity contribution is -0.122. The van der Waals surface area contributed by atoms with E-state index in [0.29, 0.717) is 5.69 Å². The van der Waals surface area contributed by atoms with E-state index in [9.17, 15) is 9.59 Å². The number of amides is 1. The molecule has 0 spiro atoms. The number of hydrogen-bond acceptors (Lipinski definition) is 4. The molecule has 0 unspecified atom stereocenters. The van der Waals surface area contributed by atoms with Crippen molar-refractivity contribution in [2.75, 3.05) is 0 Å². The van der Waals surface area contributed by atoms with Gasteiger partial charge in [-0.3, -0.25) is 4.79 Å². The summed E-state index contributed by atoms with van der Waals surface area (Å²) >= 11 is 0. The Morgan fingerprint density at radius 1 is 1.50 bits per heavy atom. The van der Waals surface area contributed by atoms with Gasteiger partial charge in [0, 0.05) is 6.04 Å². The third-order valence-corrected chi connectivity index (χ3v) is 1.93. The lowest BCUT2D eigenvalue weighted by Crippen LogP contribution is -2.33. The fourth-order valence-corrected chi connectivity index (χ4v) is 1.21. The van der Waals surface area contributed by atoms with E-state index in [1.165, 1.54) is 4.68 Å². The summed E-state index contributed by atoms with van der Waals surface area (Å²) in [6, 6.07) is 0.0373. The highest BCUT2D eigenvalue weighted by molar-refractivity contribution is 5.86. The van der Waals surface area contributed by atoms with Crippen LogP contribution < -0.4 is 5.32 Å². The first-order valence-corrected chi connectivity index (χ1v) is 4.84. The van der Waals surface area contributed by atoms with Crippen LogP contribution in [0.1, 0.15) is 30.0 Å². The van der Waals surface area contributed by atoms with Crippen molar-refractivity contribution >= 4 is 11.9 Å². The molecule has 1 aromatic heterocycles. The number of carbonyl (C=O) groups excluding carboxylic acids is 1. The Morgan fingerprint density at radius 3 is 2.56 bits per heavy atom. The van der Waals surface area contributed by atoms with Crippen LogP contribution in [0.5, 0.6) is 0 Å². The number of carbonyl (C=O) groups is 2. The molecule has 0 saturated carbocycles. The van der Waals surface area contributed by atoms with Gasteiger partial charge in [0.15, 0.2) is 5.69 Å². The third-order valence-electron chi connectivity index (χ3n) is 1.93. The molecule has 0 aliphatic heterocycles. The zero-order valence-electron chi connectivity index (χ0n) is 9.39. The summed E-state index contributed by atoms with van der Waals surface area (Å²) in [4.78, 5) is 22.1. The highest BCUT2D eigenvalue weighted by atomic mass is 16.4. The van der Waals surface area contributed by atoms with Gasteiger partial charge in [-0.05, 0) is 20.8 Å². The summed E-state index contributed by atoms with van der Waals surface area (Å²) in [7, 11) is 0. The van der Waals surface area contributed by atoms with E-state index in [0.717, 1.165) is 0 Å². The van der Waals surface area contributed by atoms with Crippen LogP contribution in [0.15, 0.2) is 0 Å². The molecule has 0 aliphatic rings. The Balaban J connectivity index is 2.75. The molecule has 0 saturated heterocycles.